The fourth-order valence-corrected chi connectivity index (χ4v) is 4.09. The van der Waals surface area contributed by atoms with E-state index in [4.69, 9.17) is 0 Å². The molecule has 0 aromatic rings. The van der Waals surface area contributed by atoms with Gasteiger partial charge >= 0.3 is 0 Å². The Bertz CT molecular complexity index is 274. The van der Waals surface area contributed by atoms with Crippen LogP contribution in [-0.4, -0.2) is 37.6 Å². The van der Waals surface area contributed by atoms with Crippen LogP contribution >= 0.6 is 0 Å². The first-order valence-electron chi connectivity index (χ1n) is 8.92. The molecule has 1 aliphatic carbocycles. The molecule has 1 atom stereocenters. The summed E-state index contributed by atoms with van der Waals surface area (Å²) in [6.45, 7) is 15.9. The molecule has 2 nitrogen and oxygen atoms in total. The fraction of sp³-hybridized carbons (Fsp3) is 1.00. The molecule has 2 rings (SSSR count). The van der Waals surface area contributed by atoms with E-state index < -0.39 is 0 Å². The smallest absolute Gasteiger partial charge is 0.00222 e. The van der Waals surface area contributed by atoms with Crippen molar-refractivity contribution < 1.29 is 0 Å². The predicted molar refractivity (Wildman–Crippen MR) is 88.0 cm³/mol. The number of hydrogen-bond donors (Lipinski definition) is 1. The van der Waals surface area contributed by atoms with Crippen LogP contribution in [0.2, 0.25) is 0 Å². The minimum Gasteiger partial charge on any atom is -0.316 e. The van der Waals surface area contributed by atoms with Crippen LogP contribution in [0.1, 0.15) is 59.8 Å². The summed E-state index contributed by atoms with van der Waals surface area (Å²) in [5.41, 5.74) is 0.520. The van der Waals surface area contributed by atoms with Gasteiger partial charge in [-0.05, 0) is 81.5 Å². The van der Waals surface area contributed by atoms with Crippen LogP contribution in [0.25, 0.3) is 0 Å². The van der Waals surface area contributed by atoms with Gasteiger partial charge in [0.2, 0.25) is 0 Å². The Morgan fingerprint density at radius 3 is 2.15 bits per heavy atom. The molecule has 0 radical (unpaired) electrons. The summed E-state index contributed by atoms with van der Waals surface area (Å²) in [4.78, 5) is 2.58. The van der Waals surface area contributed by atoms with Crippen LogP contribution in [0.5, 0.6) is 0 Å². The van der Waals surface area contributed by atoms with Gasteiger partial charge in [-0.1, -0.05) is 27.7 Å². The van der Waals surface area contributed by atoms with Crippen LogP contribution in [0, 0.1) is 23.2 Å². The molecule has 0 aromatic carbocycles. The molecule has 1 saturated heterocycles. The molecule has 0 amide bonds. The minimum absolute atomic E-state index is 0.520. The maximum absolute atomic E-state index is 3.77. The molecule has 0 bridgehead atoms. The van der Waals surface area contributed by atoms with Crippen molar-refractivity contribution in [1.29, 1.82) is 0 Å². The van der Waals surface area contributed by atoms with Crippen molar-refractivity contribution in [3.8, 4) is 0 Å². The topological polar surface area (TPSA) is 15.3 Å². The highest BCUT2D eigenvalue weighted by Crippen LogP contribution is 2.39. The summed E-state index contributed by atoms with van der Waals surface area (Å²) in [5.74, 6) is 2.80. The molecular weight excluding hydrogens is 244 g/mol. The Morgan fingerprint density at radius 2 is 1.60 bits per heavy atom. The van der Waals surface area contributed by atoms with Crippen molar-refractivity contribution in [3.63, 3.8) is 0 Å². The zero-order valence-corrected chi connectivity index (χ0v) is 14.3. The fourth-order valence-electron chi connectivity index (χ4n) is 4.09. The van der Waals surface area contributed by atoms with Crippen molar-refractivity contribution in [3.05, 3.63) is 0 Å². The molecule has 2 fully saturated rings. The molecule has 20 heavy (non-hydrogen) atoms. The highest BCUT2D eigenvalue weighted by atomic mass is 15.1. The average Bonchev–Trinajstić information content (AvgIpc) is 2.86. The highest BCUT2D eigenvalue weighted by Gasteiger charge is 2.29. The number of rotatable bonds is 5. The monoisotopic (exact) mass is 280 g/mol. The summed E-state index contributed by atoms with van der Waals surface area (Å²) in [6, 6.07) is 0. The summed E-state index contributed by atoms with van der Waals surface area (Å²) in [6.07, 6.45) is 7.19. The van der Waals surface area contributed by atoms with Crippen LogP contribution in [0.15, 0.2) is 0 Å². The van der Waals surface area contributed by atoms with E-state index in [1.54, 1.807) is 0 Å². The van der Waals surface area contributed by atoms with Gasteiger partial charge in [-0.3, -0.25) is 0 Å². The average molecular weight is 281 g/mol. The number of nitrogens with zero attached hydrogens (tertiary/aromatic N) is 1. The first-order valence-corrected chi connectivity index (χ1v) is 8.92. The van der Waals surface area contributed by atoms with Crippen LogP contribution in [0.3, 0.4) is 0 Å². The number of likely N-dealkylation sites (tertiary alicyclic amines) is 1. The quantitative estimate of drug-likeness (QED) is 0.824. The first kappa shape index (κ1) is 16.3. The number of hydrogen-bond acceptors (Lipinski definition) is 2. The predicted octanol–water partition coefficient (Wildman–Crippen LogP) is 3.77. The van der Waals surface area contributed by atoms with E-state index >= 15 is 0 Å². The second-order valence-electron chi connectivity index (χ2n) is 8.29. The third kappa shape index (κ3) is 4.73. The van der Waals surface area contributed by atoms with Gasteiger partial charge < -0.3 is 10.2 Å². The Kier molecular flexibility index (Phi) is 5.92. The molecule has 2 heteroatoms. The molecule has 0 spiro atoms. The summed E-state index contributed by atoms with van der Waals surface area (Å²) in [5, 5.41) is 3.77. The van der Waals surface area contributed by atoms with Gasteiger partial charge in [0.15, 0.2) is 0 Å². The number of nitrogens with one attached hydrogen (secondary N) is 1. The van der Waals surface area contributed by atoms with E-state index in [0.717, 1.165) is 17.8 Å². The summed E-state index contributed by atoms with van der Waals surface area (Å²) >= 11 is 0. The lowest BCUT2D eigenvalue weighted by molar-refractivity contribution is 0.148. The third-order valence-electron chi connectivity index (χ3n) is 5.75. The lowest BCUT2D eigenvalue weighted by Gasteiger charge is -2.37. The van der Waals surface area contributed by atoms with Crippen LogP contribution in [0.4, 0.5) is 0 Å². The van der Waals surface area contributed by atoms with Crippen LogP contribution in [-0.2, 0) is 0 Å². The van der Waals surface area contributed by atoms with Gasteiger partial charge in [0.1, 0.15) is 0 Å². The van der Waals surface area contributed by atoms with Gasteiger partial charge in [0.05, 0.1) is 0 Å². The molecule has 2 aliphatic rings. The van der Waals surface area contributed by atoms with Gasteiger partial charge in [-0.25, -0.2) is 0 Å². The van der Waals surface area contributed by atoms with Gasteiger partial charge in [0.25, 0.3) is 0 Å². The van der Waals surface area contributed by atoms with E-state index in [1.165, 1.54) is 64.8 Å². The van der Waals surface area contributed by atoms with Crippen molar-refractivity contribution in [2.75, 3.05) is 32.7 Å². The summed E-state index contributed by atoms with van der Waals surface area (Å²) in [7, 11) is 0. The first-order chi connectivity index (χ1) is 9.49. The van der Waals surface area contributed by atoms with Crippen molar-refractivity contribution in [2.45, 2.75) is 59.8 Å². The Hall–Kier alpha value is -0.0800. The van der Waals surface area contributed by atoms with E-state index in [-0.39, 0.29) is 0 Å². The Morgan fingerprint density at radius 1 is 0.950 bits per heavy atom. The molecule has 1 saturated carbocycles. The molecule has 1 unspecified atom stereocenters. The van der Waals surface area contributed by atoms with E-state index in [2.05, 4.69) is 37.9 Å². The van der Waals surface area contributed by atoms with Gasteiger partial charge in [0, 0.05) is 6.54 Å². The van der Waals surface area contributed by atoms with Crippen molar-refractivity contribution >= 4 is 0 Å². The Labute approximate surface area is 126 Å². The maximum atomic E-state index is 3.77. The molecule has 1 aliphatic heterocycles. The zero-order valence-electron chi connectivity index (χ0n) is 14.3. The second kappa shape index (κ2) is 7.26. The third-order valence-corrected chi connectivity index (χ3v) is 5.75. The van der Waals surface area contributed by atoms with Crippen molar-refractivity contribution in [2.24, 2.45) is 23.2 Å². The van der Waals surface area contributed by atoms with Crippen LogP contribution < -0.4 is 5.32 Å². The normalized spacial score (nSPS) is 32.7. The SMILES string of the molecule is CCN1CCC(CNCC2CCC(C(C)(C)C)CC2)C1. The molecule has 1 N–H and O–H groups in total. The lowest BCUT2D eigenvalue weighted by atomic mass is 9.70. The maximum Gasteiger partial charge on any atom is 0.00222 e. The largest absolute Gasteiger partial charge is 0.316 e. The Balaban J connectivity index is 1.58. The molecule has 1 heterocycles. The molecule has 0 aromatic heterocycles. The van der Waals surface area contributed by atoms with E-state index in [9.17, 15) is 0 Å². The minimum atomic E-state index is 0.520. The van der Waals surface area contributed by atoms with Gasteiger partial charge in [-0.15, -0.1) is 0 Å². The molecule has 118 valence electrons. The second-order valence-corrected chi connectivity index (χ2v) is 8.29. The van der Waals surface area contributed by atoms with Gasteiger partial charge in [-0.2, -0.15) is 0 Å². The summed E-state index contributed by atoms with van der Waals surface area (Å²) < 4.78 is 0. The van der Waals surface area contributed by atoms with E-state index in [1.807, 2.05) is 0 Å². The lowest BCUT2D eigenvalue weighted by Crippen LogP contribution is -2.33. The zero-order chi connectivity index (χ0) is 14.6. The van der Waals surface area contributed by atoms with Crippen molar-refractivity contribution in [1.82, 2.24) is 10.2 Å². The standard InChI is InChI=1S/C18H36N2/c1-5-20-11-10-16(14-20)13-19-12-15-6-8-17(9-7-15)18(2,3)4/h15-17,19H,5-14H2,1-4H3. The van der Waals surface area contributed by atoms with E-state index in [0.29, 0.717) is 5.41 Å². The molecular formula is C18H36N2. The highest BCUT2D eigenvalue weighted by molar-refractivity contribution is 4.82.